The van der Waals surface area contributed by atoms with Crippen molar-refractivity contribution in [2.45, 2.75) is 33.1 Å². The molecule has 1 aromatic heterocycles. The molecule has 0 unspecified atom stereocenters. The highest BCUT2D eigenvalue weighted by Gasteiger charge is 2.21. The summed E-state index contributed by atoms with van der Waals surface area (Å²) in [4.78, 5) is 11.4. The number of carboxylic acids is 1. The first-order valence-corrected chi connectivity index (χ1v) is 6.39. The summed E-state index contributed by atoms with van der Waals surface area (Å²) in [6.07, 6.45) is 1.92. The van der Waals surface area contributed by atoms with Gasteiger partial charge in [0.15, 0.2) is 0 Å². The Kier molecular flexibility index (Phi) is 6.21. The Morgan fingerprint density at radius 1 is 1.21 bits per heavy atom. The maximum Gasteiger partial charge on any atom is 0.341 e. The van der Waals surface area contributed by atoms with Gasteiger partial charge in [0.05, 0.1) is 12.3 Å². The van der Waals surface area contributed by atoms with Crippen LogP contribution in [0.2, 0.25) is 0 Å². The van der Waals surface area contributed by atoms with Gasteiger partial charge in [-0.15, -0.1) is 5.10 Å². The standard InChI is InChI=1S/C13H20N2O4/c1-4-9-10(5-2)14-15-12(11(9)13(16)17)19-8-6-7-18-3/h4-8H2,1-3H3,(H,16,17). The molecule has 0 radical (unpaired) electrons. The van der Waals surface area contributed by atoms with E-state index in [1.165, 1.54) is 0 Å². The van der Waals surface area contributed by atoms with Gasteiger partial charge in [0, 0.05) is 20.1 Å². The number of nitrogens with zero attached hydrogens (tertiary/aromatic N) is 2. The van der Waals surface area contributed by atoms with Crippen molar-refractivity contribution in [2.75, 3.05) is 20.3 Å². The molecule has 0 spiro atoms. The van der Waals surface area contributed by atoms with E-state index in [0.29, 0.717) is 43.7 Å². The molecule has 0 atom stereocenters. The molecule has 0 fully saturated rings. The second kappa shape index (κ2) is 7.68. The summed E-state index contributed by atoms with van der Waals surface area (Å²) in [6, 6.07) is 0. The number of carboxylic acid groups (broad SMARTS) is 1. The lowest BCUT2D eigenvalue weighted by Gasteiger charge is -2.12. The Hall–Kier alpha value is -1.69. The number of aromatic carboxylic acids is 1. The Morgan fingerprint density at radius 2 is 1.95 bits per heavy atom. The Balaban J connectivity index is 3.00. The van der Waals surface area contributed by atoms with Crippen molar-refractivity contribution in [1.29, 1.82) is 0 Å². The van der Waals surface area contributed by atoms with Crippen molar-refractivity contribution in [3.8, 4) is 5.88 Å². The fourth-order valence-electron chi connectivity index (χ4n) is 1.85. The zero-order valence-corrected chi connectivity index (χ0v) is 11.6. The third-order valence-corrected chi connectivity index (χ3v) is 2.76. The van der Waals surface area contributed by atoms with Gasteiger partial charge in [0.25, 0.3) is 0 Å². The fraction of sp³-hybridized carbons (Fsp3) is 0.615. The summed E-state index contributed by atoms with van der Waals surface area (Å²) >= 11 is 0. The molecule has 1 rings (SSSR count). The minimum atomic E-state index is -1.02. The summed E-state index contributed by atoms with van der Waals surface area (Å²) in [6.45, 7) is 4.74. The second-order valence-corrected chi connectivity index (χ2v) is 4.01. The third kappa shape index (κ3) is 3.89. The molecule has 0 aliphatic carbocycles. The molecule has 0 saturated carbocycles. The summed E-state index contributed by atoms with van der Waals surface area (Å²) in [5.74, 6) is -0.930. The summed E-state index contributed by atoms with van der Waals surface area (Å²) in [7, 11) is 1.60. The molecule has 6 heteroatoms. The van der Waals surface area contributed by atoms with Crippen molar-refractivity contribution < 1.29 is 19.4 Å². The van der Waals surface area contributed by atoms with Gasteiger partial charge < -0.3 is 14.6 Å². The lowest BCUT2D eigenvalue weighted by molar-refractivity contribution is 0.0688. The van der Waals surface area contributed by atoms with Gasteiger partial charge in [-0.25, -0.2) is 4.79 Å². The number of carbonyl (C=O) groups is 1. The summed E-state index contributed by atoms with van der Waals surface area (Å²) in [5, 5.41) is 17.3. The maximum absolute atomic E-state index is 11.4. The number of aromatic nitrogens is 2. The van der Waals surface area contributed by atoms with E-state index in [1.807, 2.05) is 13.8 Å². The SMILES string of the molecule is CCc1nnc(OCCCOC)c(C(=O)O)c1CC. The van der Waals surface area contributed by atoms with Gasteiger partial charge in [-0.2, -0.15) is 5.10 Å². The van der Waals surface area contributed by atoms with E-state index in [0.717, 1.165) is 0 Å². The number of hydrogen-bond donors (Lipinski definition) is 1. The number of ether oxygens (including phenoxy) is 2. The van der Waals surface area contributed by atoms with E-state index in [4.69, 9.17) is 9.47 Å². The maximum atomic E-state index is 11.4. The third-order valence-electron chi connectivity index (χ3n) is 2.76. The van der Waals surface area contributed by atoms with Crippen LogP contribution in [0.3, 0.4) is 0 Å². The van der Waals surface area contributed by atoms with Crippen LogP contribution < -0.4 is 4.74 Å². The monoisotopic (exact) mass is 268 g/mol. The molecular formula is C13H20N2O4. The topological polar surface area (TPSA) is 81.5 Å². The minimum absolute atomic E-state index is 0.0950. The van der Waals surface area contributed by atoms with Crippen LogP contribution in [0.25, 0.3) is 0 Å². The number of hydrogen-bond acceptors (Lipinski definition) is 5. The van der Waals surface area contributed by atoms with E-state index >= 15 is 0 Å². The number of rotatable bonds is 8. The van der Waals surface area contributed by atoms with Gasteiger partial charge in [0.1, 0.15) is 5.56 Å². The molecule has 0 aliphatic rings. The predicted octanol–water partition coefficient (Wildman–Crippen LogP) is 1.71. The van der Waals surface area contributed by atoms with Crippen molar-refractivity contribution >= 4 is 5.97 Å². The molecule has 0 bridgehead atoms. The number of aryl methyl sites for hydroxylation is 1. The van der Waals surface area contributed by atoms with Crippen LogP contribution >= 0.6 is 0 Å². The van der Waals surface area contributed by atoms with Gasteiger partial charge in [-0.3, -0.25) is 0 Å². The van der Waals surface area contributed by atoms with E-state index in [1.54, 1.807) is 7.11 Å². The lowest BCUT2D eigenvalue weighted by atomic mass is 10.0. The molecule has 0 aliphatic heterocycles. The first kappa shape index (κ1) is 15.4. The zero-order chi connectivity index (χ0) is 14.3. The normalized spacial score (nSPS) is 10.5. The van der Waals surface area contributed by atoms with E-state index in [9.17, 15) is 9.90 Å². The van der Waals surface area contributed by atoms with Crippen molar-refractivity contribution in [3.63, 3.8) is 0 Å². The van der Waals surface area contributed by atoms with Crippen LogP contribution in [-0.2, 0) is 17.6 Å². The molecule has 0 aromatic carbocycles. The molecule has 6 nitrogen and oxygen atoms in total. The molecule has 0 saturated heterocycles. The van der Waals surface area contributed by atoms with Crippen LogP contribution in [0, 0.1) is 0 Å². The second-order valence-electron chi connectivity index (χ2n) is 4.01. The molecule has 0 amide bonds. The predicted molar refractivity (Wildman–Crippen MR) is 69.7 cm³/mol. The highest BCUT2D eigenvalue weighted by molar-refractivity contribution is 5.92. The summed E-state index contributed by atoms with van der Waals surface area (Å²) < 4.78 is 10.3. The lowest BCUT2D eigenvalue weighted by Crippen LogP contribution is -2.14. The number of methoxy groups -OCH3 is 1. The van der Waals surface area contributed by atoms with Crippen LogP contribution in [0.1, 0.15) is 41.9 Å². The van der Waals surface area contributed by atoms with Crippen LogP contribution in [0.4, 0.5) is 0 Å². The van der Waals surface area contributed by atoms with E-state index < -0.39 is 5.97 Å². The Bertz CT molecular complexity index is 435. The fourth-order valence-corrected chi connectivity index (χ4v) is 1.85. The highest BCUT2D eigenvalue weighted by atomic mass is 16.5. The van der Waals surface area contributed by atoms with Crippen molar-refractivity contribution in [3.05, 3.63) is 16.8 Å². The molecule has 106 valence electrons. The van der Waals surface area contributed by atoms with Gasteiger partial charge >= 0.3 is 5.97 Å². The van der Waals surface area contributed by atoms with Crippen molar-refractivity contribution in [1.82, 2.24) is 10.2 Å². The van der Waals surface area contributed by atoms with Gasteiger partial charge in [-0.05, 0) is 18.4 Å². The smallest absolute Gasteiger partial charge is 0.341 e. The Labute approximate surface area is 112 Å². The van der Waals surface area contributed by atoms with Crippen LogP contribution in [0.5, 0.6) is 5.88 Å². The zero-order valence-electron chi connectivity index (χ0n) is 11.6. The summed E-state index contributed by atoms with van der Waals surface area (Å²) in [5.41, 5.74) is 1.54. The average Bonchev–Trinajstić information content (AvgIpc) is 2.42. The van der Waals surface area contributed by atoms with Gasteiger partial charge in [-0.1, -0.05) is 13.8 Å². The largest absolute Gasteiger partial charge is 0.477 e. The van der Waals surface area contributed by atoms with Gasteiger partial charge in [0.2, 0.25) is 5.88 Å². The average molecular weight is 268 g/mol. The van der Waals surface area contributed by atoms with Crippen molar-refractivity contribution in [2.24, 2.45) is 0 Å². The molecule has 1 heterocycles. The first-order valence-electron chi connectivity index (χ1n) is 6.39. The Morgan fingerprint density at radius 3 is 2.47 bits per heavy atom. The minimum Gasteiger partial charge on any atom is -0.477 e. The molecule has 1 aromatic rings. The van der Waals surface area contributed by atoms with Crippen LogP contribution in [-0.4, -0.2) is 41.6 Å². The van der Waals surface area contributed by atoms with E-state index in [2.05, 4.69) is 10.2 Å². The highest BCUT2D eigenvalue weighted by Crippen LogP contribution is 2.22. The quantitative estimate of drug-likeness (QED) is 0.723. The first-order chi connectivity index (χ1) is 9.15. The molecule has 19 heavy (non-hydrogen) atoms. The molecular weight excluding hydrogens is 248 g/mol. The van der Waals surface area contributed by atoms with E-state index in [-0.39, 0.29) is 11.4 Å². The molecule has 1 N–H and O–H groups in total. The van der Waals surface area contributed by atoms with Crippen LogP contribution in [0.15, 0.2) is 0 Å².